The summed E-state index contributed by atoms with van der Waals surface area (Å²) < 4.78 is 11.6. The number of ether oxygens (including phenoxy) is 2. The number of nitrogens with one attached hydrogen (secondary N) is 1. The topological polar surface area (TPSA) is 30.5 Å². The minimum atomic E-state index is 0.600. The molecule has 0 aromatic heterocycles. The van der Waals surface area contributed by atoms with Crippen molar-refractivity contribution >= 4 is 0 Å². The molecule has 3 rings (SSSR count). The van der Waals surface area contributed by atoms with Crippen LogP contribution in [0.25, 0.3) is 0 Å². The van der Waals surface area contributed by atoms with Crippen LogP contribution in [-0.2, 0) is 17.9 Å². The Kier molecular flexibility index (Phi) is 6.07. The molecule has 0 radical (unpaired) electrons. The second kappa shape index (κ2) is 8.70. The van der Waals surface area contributed by atoms with Gasteiger partial charge in [0.15, 0.2) is 0 Å². The van der Waals surface area contributed by atoms with Crippen molar-refractivity contribution in [2.24, 2.45) is 5.92 Å². The molecule has 0 saturated heterocycles. The third kappa shape index (κ3) is 5.70. The van der Waals surface area contributed by atoms with Crippen LogP contribution in [0.2, 0.25) is 0 Å². The smallest absolute Gasteiger partial charge is 0.124 e. The van der Waals surface area contributed by atoms with Gasteiger partial charge in [-0.3, -0.25) is 0 Å². The van der Waals surface area contributed by atoms with Gasteiger partial charge in [0.25, 0.3) is 0 Å². The van der Waals surface area contributed by atoms with E-state index in [9.17, 15) is 0 Å². The van der Waals surface area contributed by atoms with E-state index in [1.54, 1.807) is 0 Å². The summed E-state index contributed by atoms with van der Waals surface area (Å²) in [6, 6.07) is 18.5. The van der Waals surface area contributed by atoms with Crippen LogP contribution in [0.3, 0.4) is 0 Å². The van der Waals surface area contributed by atoms with Gasteiger partial charge in [0.2, 0.25) is 0 Å². The molecule has 23 heavy (non-hydrogen) atoms. The fraction of sp³-hybridized carbons (Fsp3) is 0.400. The predicted octanol–water partition coefficient (Wildman–Crippen LogP) is 3.78. The molecule has 1 aliphatic carbocycles. The van der Waals surface area contributed by atoms with Crippen molar-refractivity contribution in [2.75, 3.05) is 19.8 Å². The molecule has 0 spiro atoms. The molecule has 2 aromatic carbocycles. The number of para-hydroxylation sites is 1. The molecule has 3 heteroatoms. The van der Waals surface area contributed by atoms with E-state index < -0.39 is 0 Å². The van der Waals surface area contributed by atoms with Gasteiger partial charge in [-0.2, -0.15) is 0 Å². The fourth-order valence-electron chi connectivity index (χ4n) is 2.43. The van der Waals surface area contributed by atoms with Gasteiger partial charge in [-0.15, -0.1) is 0 Å². The highest BCUT2D eigenvalue weighted by Crippen LogP contribution is 2.28. The Bertz CT molecular complexity index is 581. The highest BCUT2D eigenvalue weighted by molar-refractivity contribution is 5.33. The Morgan fingerprint density at radius 2 is 1.74 bits per heavy atom. The van der Waals surface area contributed by atoms with E-state index in [1.807, 2.05) is 30.3 Å². The van der Waals surface area contributed by atoms with E-state index in [0.717, 1.165) is 38.0 Å². The molecule has 0 bridgehead atoms. The van der Waals surface area contributed by atoms with Crippen LogP contribution < -0.4 is 10.1 Å². The standard InChI is InChI=1S/C20H25NO2/c1-2-6-17(7-3-1)16-23-20-9-5-4-8-19(20)14-21-12-13-22-15-18-10-11-18/h1-9,18,21H,10-16H2. The molecule has 3 nitrogen and oxygen atoms in total. The minimum Gasteiger partial charge on any atom is -0.489 e. The normalized spacial score (nSPS) is 13.9. The Hall–Kier alpha value is -1.84. The van der Waals surface area contributed by atoms with Gasteiger partial charge >= 0.3 is 0 Å². The van der Waals surface area contributed by atoms with Crippen LogP contribution in [0.4, 0.5) is 0 Å². The van der Waals surface area contributed by atoms with Gasteiger partial charge in [-0.05, 0) is 30.4 Å². The Morgan fingerprint density at radius 1 is 0.957 bits per heavy atom. The molecule has 1 N–H and O–H groups in total. The molecule has 0 atom stereocenters. The van der Waals surface area contributed by atoms with Gasteiger partial charge < -0.3 is 14.8 Å². The minimum absolute atomic E-state index is 0.600. The molecule has 0 heterocycles. The van der Waals surface area contributed by atoms with Crippen LogP contribution in [0, 0.1) is 5.92 Å². The summed E-state index contributed by atoms with van der Waals surface area (Å²) in [7, 11) is 0. The van der Waals surface area contributed by atoms with Crippen molar-refractivity contribution in [3.8, 4) is 5.75 Å². The molecule has 1 aliphatic rings. The zero-order valence-corrected chi connectivity index (χ0v) is 13.5. The van der Waals surface area contributed by atoms with Crippen molar-refractivity contribution in [1.82, 2.24) is 5.32 Å². The maximum Gasteiger partial charge on any atom is 0.124 e. The summed E-state index contributed by atoms with van der Waals surface area (Å²) >= 11 is 0. The Morgan fingerprint density at radius 3 is 2.57 bits per heavy atom. The van der Waals surface area contributed by atoms with Crippen molar-refractivity contribution in [3.63, 3.8) is 0 Å². The van der Waals surface area contributed by atoms with E-state index in [4.69, 9.17) is 9.47 Å². The highest BCUT2D eigenvalue weighted by atomic mass is 16.5. The average molecular weight is 311 g/mol. The lowest BCUT2D eigenvalue weighted by molar-refractivity contribution is 0.126. The van der Waals surface area contributed by atoms with Crippen molar-refractivity contribution in [2.45, 2.75) is 26.0 Å². The van der Waals surface area contributed by atoms with E-state index in [2.05, 4.69) is 29.6 Å². The maximum absolute atomic E-state index is 5.97. The summed E-state index contributed by atoms with van der Waals surface area (Å²) in [5.41, 5.74) is 2.37. The van der Waals surface area contributed by atoms with Crippen molar-refractivity contribution < 1.29 is 9.47 Å². The molecule has 0 unspecified atom stereocenters. The second-order valence-corrected chi connectivity index (χ2v) is 6.08. The summed E-state index contributed by atoms with van der Waals surface area (Å²) in [5.74, 6) is 1.78. The largest absolute Gasteiger partial charge is 0.489 e. The van der Waals surface area contributed by atoms with Crippen LogP contribution in [-0.4, -0.2) is 19.8 Å². The van der Waals surface area contributed by atoms with Crippen LogP contribution in [0.5, 0.6) is 5.75 Å². The monoisotopic (exact) mass is 311 g/mol. The van der Waals surface area contributed by atoms with Crippen LogP contribution >= 0.6 is 0 Å². The first-order chi connectivity index (χ1) is 11.4. The highest BCUT2D eigenvalue weighted by Gasteiger charge is 2.20. The summed E-state index contributed by atoms with van der Waals surface area (Å²) in [6.07, 6.45) is 2.69. The first kappa shape index (κ1) is 16.0. The zero-order chi connectivity index (χ0) is 15.7. The van der Waals surface area contributed by atoms with Gasteiger partial charge in [-0.1, -0.05) is 48.5 Å². The first-order valence-corrected chi connectivity index (χ1v) is 8.45. The SMILES string of the molecule is c1ccc(COc2ccccc2CNCCOCC2CC2)cc1. The lowest BCUT2D eigenvalue weighted by Crippen LogP contribution is -2.20. The Labute approximate surface area is 138 Å². The molecule has 1 saturated carbocycles. The lowest BCUT2D eigenvalue weighted by atomic mass is 10.2. The van der Waals surface area contributed by atoms with E-state index in [-0.39, 0.29) is 0 Å². The van der Waals surface area contributed by atoms with Crippen LogP contribution in [0.15, 0.2) is 54.6 Å². The van der Waals surface area contributed by atoms with E-state index in [0.29, 0.717) is 6.61 Å². The fourth-order valence-corrected chi connectivity index (χ4v) is 2.43. The third-order valence-electron chi connectivity index (χ3n) is 4.00. The lowest BCUT2D eigenvalue weighted by Gasteiger charge is -2.12. The molecule has 1 fully saturated rings. The number of rotatable bonds is 10. The summed E-state index contributed by atoms with van der Waals surface area (Å²) in [4.78, 5) is 0. The van der Waals surface area contributed by atoms with Gasteiger partial charge in [-0.25, -0.2) is 0 Å². The molecular formula is C20H25NO2. The Balaban J connectivity index is 1.41. The number of hydrogen-bond donors (Lipinski definition) is 1. The summed E-state index contributed by atoms with van der Waals surface area (Å²) in [5, 5.41) is 3.43. The molecule has 0 amide bonds. The van der Waals surface area contributed by atoms with Gasteiger partial charge in [0.05, 0.1) is 6.61 Å². The maximum atomic E-state index is 5.97. The first-order valence-electron chi connectivity index (χ1n) is 8.45. The van der Waals surface area contributed by atoms with Gasteiger partial charge in [0, 0.05) is 25.3 Å². The molecule has 122 valence electrons. The quantitative estimate of drug-likeness (QED) is 0.677. The second-order valence-electron chi connectivity index (χ2n) is 6.08. The van der Waals surface area contributed by atoms with Crippen LogP contribution in [0.1, 0.15) is 24.0 Å². The van der Waals surface area contributed by atoms with Crippen molar-refractivity contribution in [1.29, 1.82) is 0 Å². The number of benzene rings is 2. The molecule has 2 aromatic rings. The predicted molar refractivity (Wildman–Crippen MR) is 92.5 cm³/mol. The van der Waals surface area contributed by atoms with Gasteiger partial charge in [0.1, 0.15) is 12.4 Å². The molecule has 0 aliphatic heterocycles. The average Bonchev–Trinajstić information content (AvgIpc) is 3.42. The van der Waals surface area contributed by atoms with Crippen molar-refractivity contribution in [3.05, 3.63) is 65.7 Å². The summed E-state index contributed by atoms with van der Waals surface area (Å²) in [6.45, 7) is 3.99. The number of hydrogen-bond acceptors (Lipinski definition) is 3. The zero-order valence-electron chi connectivity index (χ0n) is 13.5. The molecular weight excluding hydrogens is 286 g/mol. The van der Waals surface area contributed by atoms with E-state index in [1.165, 1.54) is 24.0 Å². The third-order valence-corrected chi connectivity index (χ3v) is 4.00. The van der Waals surface area contributed by atoms with E-state index >= 15 is 0 Å².